The minimum absolute atomic E-state index is 0. The molecule has 0 radical (unpaired) electrons. The van der Waals surface area contributed by atoms with E-state index in [-0.39, 0.29) is 70.0 Å². The normalized spacial score (nSPS) is 19.7. The molecule has 0 aromatic heterocycles. The zero-order valence-electron chi connectivity index (χ0n) is 5.61. The van der Waals surface area contributed by atoms with Gasteiger partial charge in [0, 0.05) is 0 Å². The Balaban J connectivity index is 0.000000810. The van der Waals surface area contributed by atoms with Gasteiger partial charge < -0.3 is 12.9 Å². The van der Waals surface area contributed by atoms with E-state index in [1.807, 2.05) is 0 Å². The quantitative estimate of drug-likeness (QED) is 0.447. The minimum atomic E-state index is -4.73. The first-order valence-corrected chi connectivity index (χ1v) is 2.72. The van der Waals surface area contributed by atoms with E-state index < -0.39 is 12.8 Å². The Kier molecular flexibility index (Phi) is 4.14. The van der Waals surface area contributed by atoms with Gasteiger partial charge in [-0.3, -0.25) is 4.79 Å². The Hall–Kier alpha value is 1.16. The van der Waals surface area contributed by atoms with Crippen LogP contribution < -0.4 is 51.4 Å². The topological polar surface area (TPSA) is 17.1 Å². The molecule has 10 heavy (non-hydrogen) atoms. The molecule has 0 atom stereocenters. The van der Waals surface area contributed by atoms with Crippen molar-refractivity contribution in [3.05, 3.63) is 0 Å². The number of hydrogen-bond donors (Lipinski definition) is 0. The van der Waals surface area contributed by atoms with Gasteiger partial charge in [-0.15, -0.1) is 0 Å². The molecule has 0 spiro atoms. The number of ketones is 1. The number of rotatable bonds is 1. The molecule has 0 aromatic rings. The first-order chi connectivity index (χ1) is 4.00. The molecule has 0 N–H and O–H groups in total. The molecule has 1 nitrogen and oxygen atoms in total. The van der Waals surface area contributed by atoms with Gasteiger partial charge in [0.15, 0.2) is 0 Å². The van der Waals surface area contributed by atoms with Gasteiger partial charge in [-0.25, -0.2) is 0 Å². The van der Waals surface area contributed by atoms with Crippen LogP contribution in [0.15, 0.2) is 0 Å². The van der Waals surface area contributed by atoms with Crippen LogP contribution in [0.1, 0.15) is 12.8 Å². The molecule has 0 heterocycles. The SMILES string of the molecule is O=C1CC([B-](F)(F)F)C1.[K+]. The van der Waals surface area contributed by atoms with Gasteiger partial charge in [0.2, 0.25) is 0 Å². The molecule has 6 heteroatoms. The molecule has 0 bridgehead atoms. The van der Waals surface area contributed by atoms with Crippen molar-refractivity contribution in [2.24, 2.45) is 0 Å². The van der Waals surface area contributed by atoms with Crippen molar-refractivity contribution in [3.8, 4) is 0 Å². The molecule has 1 aliphatic rings. The zero-order valence-corrected chi connectivity index (χ0v) is 8.73. The molecule has 0 amide bonds. The fourth-order valence-electron chi connectivity index (χ4n) is 0.792. The van der Waals surface area contributed by atoms with Gasteiger partial charge in [-0.2, -0.15) is 0 Å². The van der Waals surface area contributed by atoms with Gasteiger partial charge in [-0.05, 0) is 12.8 Å². The number of carbonyl (C=O) groups is 1. The summed E-state index contributed by atoms with van der Waals surface area (Å²) in [4.78, 5) is 10.1. The Morgan fingerprint density at radius 3 is 1.80 bits per heavy atom. The second-order valence-electron chi connectivity index (χ2n) is 2.33. The molecule has 0 saturated heterocycles. The molecule has 0 unspecified atom stereocenters. The van der Waals surface area contributed by atoms with Crippen LogP contribution in [0.25, 0.3) is 0 Å². The molecule has 1 aliphatic carbocycles. The average Bonchev–Trinajstić information content (AvgIpc) is 1.55. The van der Waals surface area contributed by atoms with Gasteiger partial charge in [0.05, 0.1) is 0 Å². The summed E-state index contributed by atoms with van der Waals surface area (Å²) in [5, 5.41) is 0. The summed E-state index contributed by atoms with van der Waals surface area (Å²) < 4.78 is 34.8. The smallest absolute Gasteiger partial charge is 0.449 e. The van der Waals surface area contributed by atoms with Crippen molar-refractivity contribution in [2.45, 2.75) is 18.7 Å². The summed E-state index contributed by atoms with van der Waals surface area (Å²) in [5.74, 6) is -1.54. The maximum Gasteiger partial charge on any atom is 1.00 e. The fourth-order valence-corrected chi connectivity index (χ4v) is 0.792. The Labute approximate surface area is 99.2 Å². The molecule has 0 aromatic carbocycles. The van der Waals surface area contributed by atoms with Crippen molar-refractivity contribution in [3.63, 3.8) is 0 Å². The second kappa shape index (κ2) is 3.71. The van der Waals surface area contributed by atoms with Gasteiger partial charge >= 0.3 is 58.4 Å². The Morgan fingerprint density at radius 1 is 1.30 bits per heavy atom. The van der Waals surface area contributed by atoms with Crippen LogP contribution >= 0.6 is 0 Å². The average molecular weight is 176 g/mol. The maximum atomic E-state index is 11.6. The van der Waals surface area contributed by atoms with E-state index in [1.165, 1.54) is 0 Å². The summed E-state index contributed by atoms with van der Waals surface area (Å²) >= 11 is 0. The molecule has 1 rings (SSSR count). The number of hydrogen-bond acceptors (Lipinski definition) is 1. The number of carbonyl (C=O) groups excluding carboxylic acids is 1. The first-order valence-electron chi connectivity index (χ1n) is 2.72. The van der Waals surface area contributed by atoms with Crippen LogP contribution in [0, 0.1) is 0 Å². The molecule has 0 aliphatic heterocycles. The van der Waals surface area contributed by atoms with Gasteiger partial charge in [0.1, 0.15) is 5.78 Å². The maximum absolute atomic E-state index is 11.6. The summed E-state index contributed by atoms with van der Waals surface area (Å²) in [7, 11) is 0. The van der Waals surface area contributed by atoms with Crippen LogP contribution in [-0.2, 0) is 4.79 Å². The zero-order chi connectivity index (χ0) is 7.07. The standard InChI is InChI=1S/C4H5BF3O.K/c6-5(7,8)3-1-4(9)2-3;/h3H,1-2H2;/q-1;+1. The number of halogens is 3. The fraction of sp³-hybridized carbons (Fsp3) is 0.750. The van der Waals surface area contributed by atoms with Crippen molar-refractivity contribution < 1.29 is 69.1 Å². The van der Waals surface area contributed by atoms with Crippen LogP contribution in [0.5, 0.6) is 0 Å². The van der Waals surface area contributed by atoms with E-state index in [0.717, 1.165) is 0 Å². The van der Waals surface area contributed by atoms with E-state index in [1.54, 1.807) is 0 Å². The van der Waals surface area contributed by atoms with E-state index in [9.17, 15) is 17.7 Å². The van der Waals surface area contributed by atoms with Crippen LogP contribution in [0.2, 0.25) is 5.82 Å². The van der Waals surface area contributed by atoms with E-state index in [2.05, 4.69) is 0 Å². The predicted octanol–water partition coefficient (Wildman–Crippen LogP) is -1.43. The van der Waals surface area contributed by atoms with Gasteiger partial charge in [0.25, 0.3) is 0 Å². The predicted molar refractivity (Wildman–Crippen MR) is 27.1 cm³/mol. The van der Waals surface area contributed by atoms with Crippen molar-refractivity contribution in [2.75, 3.05) is 0 Å². The third-order valence-corrected chi connectivity index (χ3v) is 1.51. The van der Waals surface area contributed by atoms with Crippen LogP contribution in [0.3, 0.4) is 0 Å². The largest absolute Gasteiger partial charge is 1.00 e. The Morgan fingerprint density at radius 2 is 1.70 bits per heavy atom. The first kappa shape index (κ1) is 11.2. The van der Waals surface area contributed by atoms with Crippen LogP contribution in [0.4, 0.5) is 12.9 Å². The summed E-state index contributed by atoms with van der Waals surface area (Å²) in [6, 6.07) is 0. The summed E-state index contributed by atoms with van der Waals surface area (Å²) in [6.07, 6.45) is -0.549. The molecule has 52 valence electrons. The third kappa shape index (κ3) is 2.65. The molecule has 1 fully saturated rings. The summed E-state index contributed by atoms with van der Waals surface area (Å²) in [6.45, 7) is -4.73. The van der Waals surface area contributed by atoms with E-state index in [4.69, 9.17) is 0 Å². The monoisotopic (exact) mass is 176 g/mol. The molecule has 1 saturated carbocycles. The van der Waals surface area contributed by atoms with E-state index >= 15 is 0 Å². The summed E-state index contributed by atoms with van der Waals surface area (Å²) in [5.41, 5.74) is 0. The second-order valence-corrected chi connectivity index (χ2v) is 2.33. The molecular formula is C4H5BF3KO. The van der Waals surface area contributed by atoms with Crippen LogP contribution in [-0.4, -0.2) is 12.8 Å². The number of Topliss-reactive ketones (excluding diaryl/α,β-unsaturated/α-hetero) is 1. The van der Waals surface area contributed by atoms with Crippen molar-refractivity contribution in [1.82, 2.24) is 0 Å². The molecular weight excluding hydrogens is 171 g/mol. The van der Waals surface area contributed by atoms with Gasteiger partial charge in [-0.1, -0.05) is 5.82 Å². The van der Waals surface area contributed by atoms with Crippen molar-refractivity contribution >= 4 is 12.8 Å². The minimum Gasteiger partial charge on any atom is -0.449 e. The van der Waals surface area contributed by atoms with E-state index in [0.29, 0.717) is 0 Å². The third-order valence-electron chi connectivity index (χ3n) is 1.51. The van der Waals surface area contributed by atoms with Crippen molar-refractivity contribution in [1.29, 1.82) is 0 Å². The Bertz CT molecular complexity index is 138.